The smallest absolute Gasteiger partial charge is 0.141 e. The van der Waals surface area contributed by atoms with Crippen molar-refractivity contribution in [3.63, 3.8) is 0 Å². The molecule has 0 aliphatic carbocycles. The molecule has 1 aliphatic heterocycles. The van der Waals surface area contributed by atoms with E-state index in [4.69, 9.17) is 5.73 Å². The second kappa shape index (κ2) is 7.01. The lowest BCUT2D eigenvalue weighted by Gasteiger charge is -2.32. The number of rotatable bonds is 6. The van der Waals surface area contributed by atoms with Gasteiger partial charge in [0.2, 0.25) is 0 Å². The van der Waals surface area contributed by atoms with E-state index in [0.717, 1.165) is 44.3 Å². The van der Waals surface area contributed by atoms with Gasteiger partial charge in [-0.25, -0.2) is 9.67 Å². The normalized spacial score (nSPS) is 21.2. The Bertz CT molecular complexity index is 372. The van der Waals surface area contributed by atoms with Crippen molar-refractivity contribution in [1.82, 2.24) is 19.7 Å². The van der Waals surface area contributed by atoms with Gasteiger partial charge in [0.25, 0.3) is 0 Å². The van der Waals surface area contributed by atoms with Gasteiger partial charge in [0.15, 0.2) is 0 Å². The van der Waals surface area contributed by atoms with Crippen LogP contribution in [0.1, 0.15) is 38.9 Å². The van der Waals surface area contributed by atoms with E-state index in [2.05, 4.69) is 33.5 Å². The summed E-state index contributed by atoms with van der Waals surface area (Å²) in [5.41, 5.74) is 5.67. The topological polar surface area (TPSA) is 60.0 Å². The molecule has 0 radical (unpaired) electrons. The molecule has 5 nitrogen and oxygen atoms in total. The maximum Gasteiger partial charge on any atom is 0.141 e. The molecule has 1 saturated heterocycles. The molecule has 0 saturated carbocycles. The first kappa shape index (κ1) is 14.5. The second-order valence-corrected chi connectivity index (χ2v) is 6.07. The summed E-state index contributed by atoms with van der Waals surface area (Å²) in [5, 5.41) is 4.34. The highest BCUT2D eigenvalue weighted by molar-refractivity contribution is 4.87. The van der Waals surface area contributed by atoms with Crippen molar-refractivity contribution in [2.24, 2.45) is 17.6 Å². The molecule has 1 aromatic heterocycles. The van der Waals surface area contributed by atoms with E-state index >= 15 is 0 Å². The van der Waals surface area contributed by atoms with E-state index in [1.165, 1.54) is 19.4 Å². The highest BCUT2D eigenvalue weighted by Crippen LogP contribution is 2.20. The Morgan fingerprint density at radius 3 is 3.05 bits per heavy atom. The Morgan fingerprint density at radius 2 is 2.32 bits per heavy atom. The summed E-state index contributed by atoms with van der Waals surface area (Å²) in [5.74, 6) is 2.47. The molecule has 0 amide bonds. The maximum absolute atomic E-state index is 5.67. The third-order valence-electron chi connectivity index (χ3n) is 3.78. The number of nitrogens with two attached hydrogens (primary N) is 1. The van der Waals surface area contributed by atoms with E-state index in [0.29, 0.717) is 5.92 Å². The number of piperidine rings is 1. The zero-order valence-electron chi connectivity index (χ0n) is 12.3. The Labute approximate surface area is 116 Å². The van der Waals surface area contributed by atoms with Crippen molar-refractivity contribution in [2.75, 3.05) is 19.6 Å². The molecule has 2 heterocycles. The van der Waals surface area contributed by atoms with Crippen molar-refractivity contribution in [3.8, 4) is 0 Å². The standard InChI is InChI=1S/C14H27N5/c1-12(2)8-19-14(16-11-17-19)10-18-7-3-4-13(9-18)5-6-15/h11-13H,3-10,15H2,1-2H3. The summed E-state index contributed by atoms with van der Waals surface area (Å²) in [6.45, 7) is 9.44. The summed E-state index contributed by atoms with van der Waals surface area (Å²) in [6.07, 6.45) is 5.43. The van der Waals surface area contributed by atoms with Gasteiger partial charge >= 0.3 is 0 Å². The van der Waals surface area contributed by atoms with E-state index in [1.54, 1.807) is 6.33 Å². The minimum atomic E-state index is 0.604. The predicted molar refractivity (Wildman–Crippen MR) is 76.5 cm³/mol. The molecule has 0 spiro atoms. The van der Waals surface area contributed by atoms with Crippen molar-refractivity contribution in [1.29, 1.82) is 0 Å². The van der Waals surface area contributed by atoms with E-state index in [-0.39, 0.29) is 0 Å². The molecule has 0 bridgehead atoms. The average Bonchev–Trinajstić information content (AvgIpc) is 2.77. The average molecular weight is 265 g/mol. The van der Waals surface area contributed by atoms with Gasteiger partial charge in [0, 0.05) is 13.1 Å². The molecule has 19 heavy (non-hydrogen) atoms. The summed E-state index contributed by atoms with van der Waals surface area (Å²) in [6, 6.07) is 0. The molecule has 1 aromatic rings. The van der Waals surface area contributed by atoms with Crippen molar-refractivity contribution in [2.45, 2.75) is 46.2 Å². The van der Waals surface area contributed by atoms with Crippen LogP contribution in [0.15, 0.2) is 6.33 Å². The number of likely N-dealkylation sites (tertiary alicyclic amines) is 1. The first-order valence-electron chi connectivity index (χ1n) is 7.48. The number of nitrogens with zero attached hydrogens (tertiary/aromatic N) is 4. The number of aromatic nitrogens is 3. The van der Waals surface area contributed by atoms with Crippen LogP contribution in [0.4, 0.5) is 0 Å². The van der Waals surface area contributed by atoms with E-state index in [9.17, 15) is 0 Å². The maximum atomic E-state index is 5.67. The fourth-order valence-corrected chi connectivity index (χ4v) is 2.88. The van der Waals surface area contributed by atoms with Crippen LogP contribution in [0.3, 0.4) is 0 Å². The van der Waals surface area contributed by atoms with Crippen LogP contribution >= 0.6 is 0 Å². The van der Waals surface area contributed by atoms with Crippen LogP contribution in [0.5, 0.6) is 0 Å². The quantitative estimate of drug-likeness (QED) is 0.846. The Kier molecular flexibility index (Phi) is 5.34. The third kappa shape index (κ3) is 4.28. The van der Waals surface area contributed by atoms with Gasteiger partial charge in [-0.1, -0.05) is 13.8 Å². The largest absolute Gasteiger partial charge is 0.330 e. The fourth-order valence-electron chi connectivity index (χ4n) is 2.88. The minimum Gasteiger partial charge on any atom is -0.330 e. The van der Waals surface area contributed by atoms with Crippen molar-refractivity contribution < 1.29 is 0 Å². The van der Waals surface area contributed by atoms with Crippen molar-refractivity contribution in [3.05, 3.63) is 12.2 Å². The molecule has 1 unspecified atom stereocenters. The highest BCUT2D eigenvalue weighted by Gasteiger charge is 2.20. The lowest BCUT2D eigenvalue weighted by atomic mass is 9.95. The first-order valence-corrected chi connectivity index (χ1v) is 7.48. The molecule has 1 fully saturated rings. The van der Waals surface area contributed by atoms with E-state index in [1.807, 2.05) is 0 Å². The van der Waals surface area contributed by atoms with Crippen LogP contribution in [0, 0.1) is 11.8 Å². The molecule has 0 aromatic carbocycles. The minimum absolute atomic E-state index is 0.604. The zero-order valence-corrected chi connectivity index (χ0v) is 12.3. The Hall–Kier alpha value is -0.940. The van der Waals surface area contributed by atoms with Crippen LogP contribution in [-0.4, -0.2) is 39.3 Å². The van der Waals surface area contributed by atoms with Crippen LogP contribution in [-0.2, 0) is 13.1 Å². The summed E-state index contributed by atoms with van der Waals surface area (Å²) >= 11 is 0. The lowest BCUT2D eigenvalue weighted by Crippen LogP contribution is -2.36. The van der Waals surface area contributed by atoms with Gasteiger partial charge in [-0.05, 0) is 44.2 Å². The van der Waals surface area contributed by atoms with Gasteiger partial charge in [-0.2, -0.15) is 5.10 Å². The first-order chi connectivity index (χ1) is 9.19. The SMILES string of the molecule is CC(C)Cn1ncnc1CN1CCCC(CCN)C1. The predicted octanol–water partition coefficient (Wildman–Crippen LogP) is 1.49. The summed E-state index contributed by atoms with van der Waals surface area (Å²) in [7, 11) is 0. The van der Waals surface area contributed by atoms with Gasteiger partial charge in [0.05, 0.1) is 6.54 Å². The van der Waals surface area contributed by atoms with Crippen LogP contribution in [0.2, 0.25) is 0 Å². The summed E-state index contributed by atoms with van der Waals surface area (Å²) in [4.78, 5) is 6.92. The van der Waals surface area contributed by atoms with Crippen molar-refractivity contribution >= 4 is 0 Å². The van der Waals surface area contributed by atoms with Gasteiger partial charge in [-0.15, -0.1) is 0 Å². The number of hydrogen-bond donors (Lipinski definition) is 1. The van der Waals surface area contributed by atoms with Crippen LogP contribution < -0.4 is 5.73 Å². The highest BCUT2D eigenvalue weighted by atomic mass is 15.3. The molecular weight excluding hydrogens is 238 g/mol. The zero-order chi connectivity index (χ0) is 13.7. The fraction of sp³-hybridized carbons (Fsp3) is 0.857. The van der Waals surface area contributed by atoms with Gasteiger partial charge in [0.1, 0.15) is 12.2 Å². The van der Waals surface area contributed by atoms with Gasteiger partial charge in [-0.3, -0.25) is 4.90 Å². The third-order valence-corrected chi connectivity index (χ3v) is 3.78. The molecular formula is C14H27N5. The second-order valence-electron chi connectivity index (χ2n) is 6.07. The monoisotopic (exact) mass is 265 g/mol. The Balaban J connectivity index is 1.91. The molecule has 5 heteroatoms. The molecule has 1 atom stereocenters. The Morgan fingerprint density at radius 1 is 1.47 bits per heavy atom. The van der Waals surface area contributed by atoms with Gasteiger partial charge < -0.3 is 5.73 Å². The molecule has 1 aliphatic rings. The van der Waals surface area contributed by atoms with Crippen LogP contribution in [0.25, 0.3) is 0 Å². The summed E-state index contributed by atoms with van der Waals surface area (Å²) < 4.78 is 2.05. The number of hydrogen-bond acceptors (Lipinski definition) is 4. The molecule has 2 N–H and O–H groups in total. The lowest BCUT2D eigenvalue weighted by molar-refractivity contribution is 0.157. The molecule has 2 rings (SSSR count). The van der Waals surface area contributed by atoms with E-state index < -0.39 is 0 Å². The molecule has 108 valence electrons.